The van der Waals surface area contributed by atoms with Gasteiger partial charge in [-0.25, -0.2) is 8.42 Å². The van der Waals surface area contributed by atoms with Gasteiger partial charge in [-0.1, -0.05) is 30.3 Å². The molecule has 1 atom stereocenters. The van der Waals surface area contributed by atoms with E-state index in [0.29, 0.717) is 18.5 Å². The standard InChI is InChI=1S/C23H27N3O4S/c1-16-20(22(24)23(28)25-13-6-14-27)15-21(26(16)18-7-4-3-5-8-18)17-9-11-19(12-10-17)31(2,29)30/h3-5,7-12,15,22,27H,6,13-14,24H2,1-2H3,(H,25,28)/t22-/m1/s1. The lowest BCUT2D eigenvalue weighted by atomic mass is 10.1. The van der Waals surface area contributed by atoms with Crippen LogP contribution in [-0.4, -0.2) is 43.4 Å². The normalized spacial score (nSPS) is 12.5. The lowest BCUT2D eigenvalue weighted by Gasteiger charge is -2.14. The number of hydrogen-bond donors (Lipinski definition) is 3. The first-order valence-electron chi connectivity index (χ1n) is 9.96. The molecule has 31 heavy (non-hydrogen) atoms. The van der Waals surface area contributed by atoms with E-state index in [1.807, 2.05) is 47.9 Å². The van der Waals surface area contributed by atoms with Crippen LogP contribution in [0, 0.1) is 6.92 Å². The molecule has 0 aliphatic heterocycles. The van der Waals surface area contributed by atoms with E-state index in [4.69, 9.17) is 10.8 Å². The Morgan fingerprint density at radius 1 is 1.13 bits per heavy atom. The van der Waals surface area contributed by atoms with Crippen LogP contribution < -0.4 is 11.1 Å². The molecule has 0 spiro atoms. The first-order valence-corrected chi connectivity index (χ1v) is 11.9. The predicted molar refractivity (Wildman–Crippen MR) is 121 cm³/mol. The zero-order chi connectivity index (χ0) is 22.6. The SMILES string of the molecule is Cc1c([C@@H](N)C(=O)NCCCO)cc(-c2ccc(S(C)(=O)=O)cc2)n1-c1ccccc1. The molecule has 1 heterocycles. The van der Waals surface area contributed by atoms with Gasteiger partial charge >= 0.3 is 0 Å². The molecule has 0 fully saturated rings. The third kappa shape index (κ3) is 5.04. The first kappa shape index (κ1) is 22.7. The topological polar surface area (TPSA) is 114 Å². The van der Waals surface area contributed by atoms with Gasteiger partial charge in [-0.3, -0.25) is 4.79 Å². The minimum atomic E-state index is -3.30. The summed E-state index contributed by atoms with van der Waals surface area (Å²) >= 11 is 0. The van der Waals surface area contributed by atoms with E-state index in [-0.39, 0.29) is 17.4 Å². The van der Waals surface area contributed by atoms with Gasteiger partial charge in [-0.15, -0.1) is 0 Å². The van der Waals surface area contributed by atoms with Crippen molar-refractivity contribution in [2.45, 2.75) is 24.3 Å². The van der Waals surface area contributed by atoms with Crippen molar-refractivity contribution in [1.29, 1.82) is 0 Å². The zero-order valence-electron chi connectivity index (χ0n) is 17.6. The summed E-state index contributed by atoms with van der Waals surface area (Å²) in [5, 5.41) is 11.7. The van der Waals surface area contributed by atoms with Crippen molar-refractivity contribution in [3.8, 4) is 16.9 Å². The summed E-state index contributed by atoms with van der Waals surface area (Å²) in [6.07, 6.45) is 1.63. The van der Waals surface area contributed by atoms with E-state index in [2.05, 4.69) is 5.32 Å². The number of benzene rings is 2. The summed E-state index contributed by atoms with van der Waals surface area (Å²) < 4.78 is 25.6. The van der Waals surface area contributed by atoms with Gasteiger partial charge in [0.15, 0.2) is 9.84 Å². The summed E-state index contributed by atoms with van der Waals surface area (Å²) in [5.41, 5.74) is 10.3. The maximum atomic E-state index is 12.5. The average molecular weight is 442 g/mol. The highest BCUT2D eigenvalue weighted by Crippen LogP contribution is 2.32. The van der Waals surface area contributed by atoms with E-state index < -0.39 is 15.9 Å². The quantitative estimate of drug-likeness (QED) is 0.464. The zero-order valence-corrected chi connectivity index (χ0v) is 18.4. The largest absolute Gasteiger partial charge is 0.396 e. The van der Waals surface area contributed by atoms with E-state index in [1.54, 1.807) is 24.3 Å². The number of aliphatic hydroxyl groups is 1. The summed E-state index contributed by atoms with van der Waals surface area (Å²) in [6.45, 7) is 2.24. The fourth-order valence-electron chi connectivity index (χ4n) is 3.48. The van der Waals surface area contributed by atoms with E-state index in [9.17, 15) is 13.2 Å². The van der Waals surface area contributed by atoms with Crippen LogP contribution in [0.4, 0.5) is 0 Å². The Morgan fingerprint density at radius 3 is 2.35 bits per heavy atom. The van der Waals surface area contributed by atoms with Crippen LogP contribution in [0.1, 0.15) is 23.7 Å². The molecule has 0 bridgehead atoms. The molecule has 2 aromatic carbocycles. The third-order valence-electron chi connectivity index (χ3n) is 5.13. The Kier molecular flexibility index (Phi) is 6.94. The molecule has 1 amide bonds. The van der Waals surface area contributed by atoms with Crippen LogP contribution in [-0.2, 0) is 14.6 Å². The number of rotatable bonds is 8. The highest BCUT2D eigenvalue weighted by Gasteiger charge is 2.23. The van der Waals surface area contributed by atoms with Crippen molar-refractivity contribution in [2.75, 3.05) is 19.4 Å². The maximum absolute atomic E-state index is 12.5. The third-order valence-corrected chi connectivity index (χ3v) is 6.26. The molecule has 7 nitrogen and oxygen atoms in total. The van der Waals surface area contributed by atoms with Crippen LogP contribution in [0.2, 0.25) is 0 Å². The second kappa shape index (κ2) is 9.47. The molecule has 8 heteroatoms. The second-order valence-electron chi connectivity index (χ2n) is 7.38. The molecule has 1 aromatic heterocycles. The van der Waals surface area contributed by atoms with Crippen LogP contribution in [0.3, 0.4) is 0 Å². The number of carbonyl (C=O) groups is 1. The Balaban J connectivity index is 2.08. The van der Waals surface area contributed by atoms with Crippen molar-refractivity contribution in [3.05, 3.63) is 71.9 Å². The number of sulfone groups is 1. The van der Waals surface area contributed by atoms with Crippen LogP contribution in [0.5, 0.6) is 0 Å². The average Bonchev–Trinajstić information content (AvgIpc) is 3.10. The summed E-state index contributed by atoms with van der Waals surface area (Å²) in [7, 11) is -3.30. The van der Waals surface area contributed by atoms with E-state index in [0.717, 1.165) is 22.6 Å². The molecule has 0 saturated carbocycles. The van der Waals surface area contributed by atoms with Crippen molar-refractivity contribution in [1.82, 2.24) is 9.88 Å². The highest BCUT2D eigenvalue weighted by atomic mass is 32.2. The van der Waals surface area contributed by atoms with Gasteiger partial charge in [-0.2, -0.15) is 0 Å². The van der Waals surface area contributed by atoms with Crippen LogP contribution in [0.15, 0.2) is 65.6 Å². The molecule has 3 aromatic rings. The molecular weight excluding hydrogens is 414 g/mol. The first-order chi connectivity index (χ1) is 14.7. The van der Waals surface area contributed by atoms with Gasteiger partial charge in [0.2, 0.25) is 5.91 Å². The van der Waals surface area contributed by atoms with E-state index >= 15 is 0 Å². The van der Waals surface area contributed by atoms with Gasteiger partial charge in [0.05, 0.1) is 10.6 Å². The smallest absolute Gasteiger partial charge is 0.241 e. The molecule has 0 unspecified atom stereocenters. The van der Waals surface area contributed by atoms with Crippen molar-refractivity contribution >= 4 is 15.7 Å². The van der Waals surface area contributed by atoms with Gasteiger partial charge in [0, 0.05) is 30.8 Å². The monoisotopic (exact) mass is 441 g/mol. The molecule has 0 radical (unpaired) electrons. The van der Waals surface area contributed by atoms with Crippen molar-refractivity contribution in [3.63, 3.8) is 0 Å². The number of aliphatic hydroxyl groups excluding tert-OH is 1. The fourth-order valence-corrected chi connectivity index (χ4v) is 4.11. The number of para-hydroxylation sites is 1. The molecule has 0 aliphatic rings. The van der Waals surface area contributed by atoms with E-state index in [1.165, 1.54) is 6.26 Å². The molecular formula is C23H27N3O4S. The maximum Gasteiger partial charge on any atom is 0.241 e. The number of hydrogen-bond acceptors (Lipinski definition) is 5. The Morgan fingerprint density at radius 2 is 1.77 bits per heavy atom. The predicted octanol–water partition coefficient (Wildman–Crippen LogP) is 2.35. The summed E-state index contributed by atoms with van der Waals surface area (Å²) in [5.74, 6) is -0.319. The lowest BCUT2D eigenvalue weighted by molar-refractivity contribution is -0.122. The number of nitrogens with two attached hydrogens (primary N) is 1. The Bertz CT molecular complexity index is 1150. The highest BCUT2D eigenvalue weighted by molar-refractivity contribution is 7.90. The van der Waals surface area contributed by atoms with Gasteiger partial charge in [-0.05, 0) is 54.8 Å². The van der Waals surface area contributed by atoms with Gasteiger partial charge in [0.25, 0.3) is 0 Å². The Labute approximate surface area is 182 Å². The lowest BCUT2D eigenvalue weighted by Crippen LogP contribution is -2.35. The summed E-state index contributed by atoms with van der Waals surface area (Å²) in [6, 6.07) is 17.3. The van der Waals surface area contributed by atoms with Crippen LogP contribution >= 0.6 is 0 Å². The second-order valence-corrected chi connectivity index (χ2v) is 9.40. The van der Waals surface area contributed by atoms with Gasteiger partial charge in [0.1, 0.15) is 6.04 Å². The molecule has 3 rings (SSSR count). The van der Waals surface area contributed by atoms with Gasteiger partial charge < -0.3 is 20.7 Å². The molecule has 0 aliphatic carbocycles. The van der Waals surface area contributed by atoms with Crippen molar-refractivity contribution < 1.29 is 18.3 Å². The number of carbonyl (C=O) groups excluding carboxylic acids is 1. The number of nitrogens with one attached hydrogen (secondary N) is 1. The Hall–Kier alpha value is -2.94. The summed E-state index contributed by atoms with van der Waals surface area (Å²) in [4.78, 5) is 12.8. The minimum absolute atomic E-state index is 0.00739. The van der Waals surface area contributed by atoms with Crippen LogP contribution in [0.25, 0.3) is 16.9 Å². The molecule has 4 N–H and O–H groups in total. The number of aromatic nitrogens is 1. The molecule has 0 saturated heterocycles. The minimum Gasteiger partial charge on any atom is -0.396 e. The number of amides is 1. The fraction of sp³-hybridized carbons (Fsp3) is 0.261. The molecule has 164 valence electrons. The van der Waals surface area contributed by atoms with Crippen molar-refractivity contribution in [2.24, 2.45) is 5.73 Å². The number of nitrogens with zero attached hydrogens (tertiary/aromatic N) is 1.